The molecular weight excluding hydrogens is 228 g/mol. The third kappa shape index (κ3) is 1.95. The van der Waals surface area contributed by atoms with E-state index in [1.807, 2.05) is 0 Å². The van der Waals surface area contributed by atoms with E-state index in [-0.39, 0.29) is 6.61 Å². The van der Waals surface area contributed by atoms with Crippen LogP contribution in [0.15, 0.2) is 34.0 Å². The van der Waals surface area contributed by atoms with Gasteiger partial charge in [-0.05, 0) is 5.57 Å². The Morgan fingerprint density at radius 1 is 1.53 bits per heavy atom. The fourth-order valence-electron chi connectivity index (χ4n) is 1.71. The lowest BCUT2D eigenvalue weighted by Crippen LogP contribution is -2.35. The highest BCUT2D eigenvalue weighted by Gasteiger charge is 2.38. The third-order valence-electron chi connectivity index (χ3n) is 2.66. The molecule has 17 heavy (non-hydrogen) atoms. The topological polar surface area (TPSA) is 105 Å². The number of H-pyrrole nitrogens is 1. The maximum absolute atomic E-state index is 11.5. The molecule has 3 N–H and O–H groups in total. The van der Waals surface area contributed by atoms with Crippen molar-refractivity contribution in [3.63, 3.8) is 0 Å². The molecule has 0 aromatic carbocycles. The second-order valence-corrected chi connectivity index (χ2v) is 3.74. The molecule has 1 aromatic rings. The van der Waals surface area contributed by atoms with Crippen molar-refractivity contribution in [2.24, 2.45) is 0 Å². The Kier molecular flexibility index (Phi) is 2.97. The molecule has 1 saturated heterocycles. The van der Waals surface area contributed by atoms with Crippen LogP contribution in [0.4, 0.5) is 0 Å². The van der Waals surface area contributed by atoms with E-state index in [4.69, 9.17) is 9.84 Å². The minimum absolute atomic E-state index is 0.301. The van der Waals surface area contributed by atoms with Gasteiger partial charge >= 0.3 is 5.69 Å². The van der Waals surface area contributed by atoms with Crippen LogP contribution in [0.3, 0.4) is 0 Å². The largest absolute Gasteiger partial charge is 0.393 e. The van der Waals surface area contributed by atoms with Gasteiger partial charge in [0.2, 0.25) is 0 Å². The highest BCUT2D eigenvalue weighted by atomic mass is 16.5. The first-order valence-corrected chi connectivity index (χ1v) is 4.99. The number of nitrogens with one attached hydrogen (secondary N) is 1. The Bertz CT molecular complexity index is 546. The van der Waals surface area contributed by atoms with Gasteiger partial charge in [-0.3, -0.25) is 14.3 Å². The number of ether oxygens (including phenoxy) is 1. The minimum atomic E-state index is -1.10. The monoisotopic (exact) mass is 240 g/mol. The van der Waals surface area contributed by atoms with Crippen LogP contribution < -0.4 is 11.2 Å². The van der Waals surface area contributed by atoms with E-state index in [0.29, 0.717) is 5.57 Å². The molecule has 0 unspecified atom stereocenters. The molecule has 7 heteroatoms. The molecule has 2 rings (SSSR count). The molecule has 0 radical (unpaired) electrons. The molecular formula is C10H12N2O5. The zero-order valence-corrected chi connectivity index (χ0v) is 8.87. The van der Waals surface area contributed by atoms with E-state index in [9.17, 15) is 14.7 Å². The molecule has 2 heterocycles. The third-order valence-corrected chi connectivity index (χ3v) is 2.66. The summed E-state index contributed by atoms with van der Waals surface area (Å²) in [7, 11) is 0. The second-order valence-electron chi connectivity index (χ2n) is 3.74. The maximum Gasteiger partial charge on any atom is 0.330 e. The van der Waals surface area contributed by atoms with Gasteiger partial charge in [-0.2, -0.15) is 0 Å². The molecule has 1 aliphatic heterocycles. The molecule has 0 bridgehead atoms. The number of aliphatic hydroxyl groups is 2. The van der Waals surface area contributed by atoms with Crippen LogP contribution in [0, 0.1) is 0 Å². The lowest BCUT2D eigenvalue weighted by Gasteiger charge is -2.16. The molecule has 0 saturated carbocycles. The molecule has 0 aliphatic carbocycles. The lowest BCUT2D eigenvalue weighted by atomic mass is 10.1. The zero-order chi connectivity index (χ0) is 12.6. The van der Waals surface area contributed by atoms with Gasteiger partial charge < -0.3 is 14.9 Å². The summed E-state index contributed by atoms with van der Waals surface area (Å²) in [4.78, 5) is 24.4. The second kappa shape index (κ2) is 4.28. The summed E-state index contributed by atoms with van der Waals surface area (Å²) in [6, 6.07) is 1.15. The average molecular weight is 240 g/mol. The SMILES string of the molecule is C=C1[C@H](CO)O[C@H](n2ccc(=O)[nH]c2=O)[C@@H]1O. The van der Waals surface area contributed by atoms with Crippen molar-refractivity contribution < 1.29 is 14.9 Å². The highest BCUT2D eigenvalue weighted by molar-refractivity contribution is 5.15. The Morgan fingerprint density at radius 3 is 2.76 bits per heavy atom. The fourth-order valence-corrected chi connectivity index (χ4v) is 1.71. The number of hydrogen-bond donors (Lipinski definition) is 3. The summed E-state index contributed by atoms with van der Waals surface area (Å²) in [5, 5.41) is 18.8. The molecule has 7 nitrogen and oxygen atoms in total. The number of nitrogens with zero attached hydrogens (tertiary/aromatic N) is 1. The van der Waals surface area contributed by atoms with Gasteiger partial charge in [-0.1, -0.05) is 6.58 Å². The number of rotatable bonds is 2. The Morgan fingerprint density at radius 2 is 2.24 bits per heavy atom. The molecule has 92 valence electrons. The zero-order valence-electron chi connectivity index (χ0n) is 8.87. The molecule has 1 aliphatic rings. The van der Waals surface area contributed by atoms with Crippen LogP contribution >= 0.6 is 0 Å². The van der Waals surface area contributed by atoms with Crippen molar-refractivity contribution in [1.82, 2.24) is 9.55 Å². The van der Waals surface area contributed by atoms with Crippen LogP contribution in [0.1, 0.15) is 6.23 Å². The van der Waals surface area contributed by atoms with Crippen molar-refractivity contribution in [2.75, 3.05) is 6.61 Å². The van der Waals surface area contributed by atoms with Crippen LogP contribution in [-0.2, 0) is 4.74 Å². The smallest absolute Gasteiger partial charge is 0.330 e. The van der Waals surface area contributed by atoms with Crippen LogP contribution in [0.2, 0.25) is 0 Å². The van der Waals surface area contributed by atoms with Gasteiger partial charge in [0.15, 0.2) is 6.23 Å². The number of hydrogen-bond acceptors (Lipinski definition) is 5. The van der Waals surface area contributed by atoms with Gasteiger partial charge in [-0.25, -0.2) is 4.79 Å². The summed E-state index contributed by atoms with van der Waals surface area (Å²) in [6.07, 6.45) is -1.57. The number of aromatic nitrogens is 2. The van der Waals surface area contributed by atoms with E-state index >= 15 is 0 Å². The summed E-state index contributed by atoms with van der Waals surface area (Å²) in [5.41, 5.74) is -0.917. The Hall–Kier alpha value is -1.70. The summed E-state index contributed by atoms with van der Waals surface area (Å²) in [5.74, 6) is 0. The molecule has 0 amide bonds. The normalized spacial score (nSPS) is 28.6. The average Bonchev–Trinajstić information content (AvgIpc) is 2.57. The maximum atomic E-state index is 11.5. The summed E-state index contributed by atoms with van der Waals surface area (Å²) in [6.45, 7) is 3.26. The van der Waals surface area contributed by atoms with Gasteiger partial charge in [0, 0.05) is 12.3 Å². The van der Waals surface area contributed by atoms with Gasteiger partial charge in [0.1, 0.15) is 12.2 Å². The fraction of sp³-hybridized carbons (Fsp3) is 0.400. The first-order chi connectivity index (χ1) is 8.04. The van der Waals surface area contributed by atoms with Crippen molar-refractivity contribution in [3.8, 4) is 0 Å². The van der Waals surface area contributed by atoms with Crippen LogP contribution in [0.25, 0.3) is 0 Å². The summed E-state index contributed by atoms with van der Waals surface area (Å²) < 4.78 is 6.33. The van der Waals surface area contributed by atoms with Gasteiger partial charge in [-0.15, -0.1) is 0 Å². The molecule has 0 spiro atoms. The van der Waals surface area contributed by atoms with E-state index in [1.54, 1.807) is 0 Å². The van der Waals surface area contributed by atoms with Crippen molar-refractivity contribution in [3.05, 3.63) is 45.3 Å². The minimum Gasteiger partial charge on any atom is -0.393 e. The first-order valence-electron chi connectivity index (χ1n) is 4.99. The van der Waals surface area contributed by atoms with Crippen molar-refractivity contribution >= 4 is 0 Å². The lowest BCUT2D eigenvalue weighted by molar-refractivity contribution is -0.0527. The summed E-state index contributed by atoms with van der Waals surface area (Å²) >= 11 is 0. The van der Waals surface area contributed by atoms with E-state index < -0.39 is 29.7 Å². The predicted octanol–water partition coefficient (Wildman–Crippen LogP) is -1.66. The van der Waals surface area contributed by atoms with Crippen molar-refractivity contribution in [2.45, 2.75) is 18.4 Å². The Balaban J connectivity index is 2.39. The van der Waals surface area contributed by atoms with Gasteiger partial charge in [0.25, 0.3) is 5.56 Å². The quantitative estimate of drug-likeness (QED) is 0.537. The van der Waals surface area contributed by atoms with Crippen molar-refractivity contribution in [1.29, 1.82) is 0 Å². The first kappa shape index (κ1) is 11.8. The standard InChI is InChI=1S/C10H12N2O5/c1-5-6(4-13)17-9(8(5)15)12-3-2-7(14)11-10(12)16/h2-3,6,8-9,13,15H,1,4H2,(H,11,14,16)/t6-,8+,9-/m0/s1. The molecule has 1 aromatic heterocycles. The predicted molar refractivity (Wildman–Crippen MR) is 57.5 cm³/mol. The van der Waals surface area contributed by atoms with Crippen LogP contribution in [-0.4, -0.2) is 38.6 Å². The molecule has 1 fully saturated rings. The van der Waals surface area contributed by atoms with Crippen LogP contribution in [0.5, 0.6) is 0 Å². The Labute approximate surface area is 95.6 Å². The van der Waals surface area contributed by atoms with E-state index in [1.165, 1.54) is 6.20 Å². The highest BCUT2D eigenvalue weighted by Crippen LogP contribution is 2.30. The number of aromatic amines is 1. The molecule has 3 atom stereocenters. The van der Waals surface area contributed by atoms with Gasteiger partial charge in [0.05, 0.1) is 6.61 Å². The number of aliphatic hydroxyl groups excluding tert-OH is 2. The van der Waals surface area contributed by atoms with E-state index in [0.717, 1.165) is 10.6 Å². The van der Waals surface area contributed by atoms with E-state index in [2.05, 4.69) is 11.6 Å².